The molecule has 0 saturated carbocycles. The lowest BCUT2D eigenvalue weighted by atomic mass is 10.2. The maximum atomic E-state index is 12.5. The van der Waals surface area contributed by atoms with Crippen LogP contribution in [0.2, 0.25) is 0 Å². The van der Waals surface area contributed by atoms with Crippen molar-refractivity contribution in [2.24, 2.45) is 7.05 Å². The van der Waals surface area contributed by atoms with E-state index in [1.165, 1.54) is 20.9 Å². The van der Waals surface area contributed by atoms with Crippen molar-refractivity contribution in [1.82, 2.24) is 19.0 Å². The number of sulfonamides is 1. The van der Waals surface area contributed by atoms with Crippen LogP contribution in [0.3, 0.4) is 0 Å². The summed E-state index contributed by atoms with van der Waals surface area (Å²) in [6.45, 7) is 2.44. The van der Waals surface area contributed by atoms with E-state index in [0.717, 1.165) is 6.20 Å². The van der Waals surface area contributed by atoms with E-state index in [0.29, 0.717) is 0 Å². The maximum absolute atomic E-state index is 12.5. The van der Waals surface area contributed by atoms with E-state index in [1.54, 1.807) is 6.92 Å². The van der Waals surface area contributed by atoms with Gasteiger partial charge in [-0.2, -0.15) is 9.40 Å². The van der Waals surface area contributed by atoms with Crippen LogP contribution >= 0.6 is 0 Å². The van der Waals surface area contributed by atoms with Crippen LogP contribution in [-0.2, 0) is 17.1 Å². The highest BCUT2D eigenvalue weighted by atomic mass is 32.2. The molecule has 2 heterocycles. The number of nitrogens with zero attached hydrogens (tertiary/aromatic N) is 4. The average Bonchev–Trinajstić information content (AvgIpc) is 2.88. The van der Waals surface area contributed by atoms with Gasteiger partial charge in [-0.05, 0) is 6.92 Å². The van der Waals surface area contributed by atoms with Crippen LogP contribution in [0.25, 0.3) is 0 Å². The van der Waals surface area contributed by atoms with Gasteiger partial charge in [0, 0.05) is 33.2 Å². The van der Waals surface area contributed by atoms with Crippen LogP contribution in [0.1, 0.15) is 27.8 Å². The van der Waals surface area contributed by atoms with E-state index < -0.39 is 21.9 Å². The molecule has 2 rings (SSSR count). The lowest BCUT2D eigenvalue weighted by Crippen LogP contribution is -2.51. The summed E-state index contributed by atoms with van der Waals surface area (Å²) >= 11 is 0. The molecule has 1 aliphatic heterocycles. The zero-order valence-corrected chi connectivity index (χ0v) is 13.2. The first-order valence-corrected chi connectivity index (χ1v) is 8.41. The second-order valence-electron chi connectivity index (χ2n) is 4.93. The summed E-state index contributed by atoms with van der Waals surface area (Å²) in [7, 11) is -1.77. The quantitative estimate of drug-likeness (QED) is 0.775. The summed E-state index contributed by atoms with van der Waals surface area (Å²) in [4.78, 5) is 25.0. The molecule has 1 aromatic rings. The Hall–Kier alpha value is -1.94. The third kappa shape index (κ3) is 2.97. The lowest BCUT2D eigenvalue weighted by Gasteiger charge is -2.33. The molecule has 0 aromatic carbocycles. The van der Waals surface area contributed by atoms with Crippen LogP contribution in [0.4, 0.5) is 0 Å². The van der Waals surface area contributed by atoms with Crippen molar-refractivity contribution in [3.63, 3.8) is 0 Å². The van der Waals surface area contributed by atoms with Crippen molar-refractivity contribution in [3.8, 4) is 0 Å². The maximum Gasteiger partial charge on any atom is 0.339 e. The van der Waals surface area contributed by atoms with E-state index in [1.807, 2.05) is 0 Å². The zero-order chi connectivity index (χ0) is 16.5. The largest absolute Gasteiger partial charge is 0.478 e. The summed E-state index contributed by atoms with van der Waals surface area (Å²) in [6.07, 6.45) is 1.13. The highest BCUT2D eigenvalue weighted by Crippen LogP contribution is 2.14. The third-order valence-corrected chi connectivity index (χ3v) is 5.54. The van der Waals surface area contributed by atoms with Gasteiger partial charge in [-0.25, -0.2) is 13.2 Å². The molecule has 1 aromatic heterocycles. The molecule has 0 spiro atoms. The standard InChI is InChI=1S/C12H18N4O5S/c1-3-22(20,21)16-6-4-15(5-7-16)11(17)10-9(12(18)19)8-13-14(10)2/h8H,3-7H2,1-2H3,(H,18,19). The first-order valence-electron chi connectivity index (χ1n) is 6.80. The topological polar surface area (TPSA) is 113 Å². The molecule has 1 fully saturated rings. The van der Waals surface area contributed by atoms with Gasteiger partial charge in [-0.1, -0.05) is 0 Å². The molecule has 1 saturated heterocycles. The number of carbonyl (C=O) groups excluding carboxylic acids is 1. The molecule has 0 radical (unpaired) electrons. The Morgan fingerprint density at radius 2 is 1.86 bits per heavy atom. The first-order chi connectivity index (χ1) is 10.3. The SMILES string of the molecule is CCS(=O)(=O)N1CCN(C(=O)c2c(C(=O)O)cnn2C)CC1. The molecular weight excluding hydrogens is 312 g/mol. The van der Waals surface area contributed by atoms with Crippen LogP contribution < -0.4 is 0 Å². The molecular formula is C12H18N4O5S. The van der Waals surface area contributed by atoms with Gasteiger partial charge in [-0.15, -0.1) is 0 Å². The van der Waals surface area contributed by atoms with Crippen LogP contribution in [0.15, 0.2) is 6.20 Å². The van der Waals surface area contributed by atoms with Gasteiger partial charge < -0.3 is 10.0 Å². The predicted molar refractivity (Wildman–Crippen MR) is 77.1 cm³/mol. The van der Waals surface area contributed by atoms with E-state index in [9.17, 15) is 18.0 Å². The molecule has 22 heavy (non-hydrogen) atoms. The third-order valence-electron chi connectivity index (χ3n) is 3.66. The Morgan fingerprint density at radius 1 is 1.27 bits per heavy atom. The summed E-state index contributed by atoms with van der Waals surface area (Å²) in [5.41, 5.74) is -0.157. The second kappa shape index (κ2) is 6.05. The Morgan fingerprint density at radius 3 is 2.36 bits per heavy atom. The van der Waals surface area contributed by atoms with Crippen molar-refractivity contribution >= 4 is 21.9 Å². The Kier molecular flexibility index (Phi) is 4.52. The minimum Gasteiger partial charge on any atom is -0.478 e. The van der Waals surface area contributed by atoms with Crippen LogP contribution in [0, 0.1) is 0 Å². The van der Waals surface area contributed by atoms with E-state index in [2.05, 4.69) is 5.10 Å². The normalized spacial score (nSPS) is 16.7. The van der Waals surface area contributed by atoms with Crippen molar-refractivity contribution in [1.29, 1.82) is 0 Å². The molecule has 1 amide bonds. The van der Waals surface area contributed by atoms with Gasteiger partial charge >= 0.3 is 5.97 Å². The number of hydrogen-bond acceptors (Lipinski definition) is 5. The number of amides is 1. The first kappa shape index (κ1) is 16.4. The summed E-state index contributed by atoms with van der Waals surface area (Å²) in [5, 5.41) is 12.9. The minimum absolute atomic E-state index is 0.000649. The van der Waals surface area contributed by atoms with Gasteiger partial charge in [0.05, 0.1) is 11.9 Å². The fourth-order valence-electron chi connectivity index (χ4n) is 2.35. The fraction of sp³-hybridized carbons (Fsp3) is 0.583. The zero-order valence-electron chi connectivity index (χ0n) is 12.4. The molecule has 1 aliphatic rings. The van der Waals surface area contributed by atoms with E-state index >= 15 is 0 Å². The van der Waals surface area contributed by atoms with Crippen molar-refractivity contribution in [2.75, 3.05) is 31.9 Å². The van der Waals surface area contributed by atoms with Crippen molar-refractivity contribution in [2.45, 2.75) is 6.92 Å². The highest BCUT2D eigenvalue weighted by Gasteiger charge is 2.31. The molecule has 1 N–H and O–H groups in total. The molecule has 10 heteroatoms. The molecule has 122 valence electrons. The predicted octanol–water partition coefficient (Wildman–Crippen LogP) is -0.774. The average molecular weight is 330 g/mol. The number of aryl methyl sites for hydroxylation is 1. The monoisotopic (exact) mass is 330 g/mol. The fourth-order valence-corrected chi connectivity index (χ4v) is 3.43. The summed E-state index contributed by atoms with van der Waals surface area (Å²) in [6, 6.07) is 0. The number of piperazine rings is 1. The Bertz CT molecular complexity index is 688. The van der Waals surface area contributed by atoms with Gasteiger partial charge in [0.1, 0.15) is 11.3 Å². The number of aromatic carboxylic acids is 1. The molecule has 0 atom stereocenters. The minimum atomic E-state index is -3.27. The number of carboxylic acids is 1. The van der Waals surface area contributed by atoms with Gasteiger partial charge in [0.2, 0.25) is 10.0 Å². The van der Waals surface area contributed by atoms with Gasteiger partial charge in [0.15, 0.2) is 0 Å². The Balaban J connectivity index is 2.14. The van der Waals surface area contributed by atoms with Crippen molar-refractivity contribution in [3.05, 3.63) is 17.5 Å². The summed E-state index contributed by atoms with van der Waals surface area (Å²) in [5.74, 6) is -1.65. The van der Waals surface area contributed by atoms with Gasteiger partial charge in [0.25, 0.3) is 5.91 Å². The number of hydrogen-bond donors (Lipinski definition) is 1. The molecule has 9 nitrogen and oxygen atoms in total. The van der Waals surface area contributed by atoms with Crippen LogP contribution in [-0.4, -0.2) is 76.3 Å². The smallest absolute Gasteiger partial charge is 0.339 e. The highest BCUT2D eigenvalue weighted by molar-refractivity contribution is 7.89. The van der Waals surface area contributed by atoms with Gasteiger partial charge in [-0.3, -0.25) is 9.48 Å². The molecule has 0 bridgehead atoms. The van der Waals surface area contributed by atoms with E-state index in [4.69, 9.17) is 5.11 Å². The Labute approximate surface area is 128 Å². The number of aromatic nitrogens is 2. The molecule has 0 aliphatic carbocycles. The van der Waals surface area contributed by atoms with Crippen molar-refractivity contribution < 1.29 is 23.1 Å². The molecule has 0 unspecified atom stereocenters. The number of rotatable bonds is 4. The summed E-state index contributed by atoms with van der Waals surface area (Å²) < 4.78 is 26.1. The number of carbonyl (C=O) groups is 2. The van der Waals surface area contributed by atoms with E-state index in [-0.39, 0.29) is 43.2 Å². The second-order valence-corrected chi connectivity index (χ2v) is 7.18. The van der Waals surface area contributed by atoms with Crippen LogP contribution in [0.5, 0.6) is 0 Å². The lowest BCUT2D eigenvalue weighted by molar-refractivity contribution is 0.0649. The number of carboxylic acid groups (broad SMARTS) is 1.